The van der Waals surface area contributed by atoms with E-state index in [0.29, 0.717) is 33.3 Å². The molecular weight excluding hydrogens is 424 g/mol. The number of aromatic nitrogens is 3. The Morgan fingerprint density at radius 3 is 2.59 bits per heavy atom. The monoisotopic (exact) mass is 436 g/mol. The van der Waals surface area contributed by atoms with Gasteiger partial charge in [-0.1, -0.05) is 35.3 Å². The molecule has 4 nitrogen and oxygen atoms in total. The number of rotatable bonds is 4. The summed E-state index contributed by atoms with van der Waals surface area (Å²) in [5, 5.41) is 4.69. The summed E-state index contributed by atoms with van der Waals surface area (Å²) in [7, 11) is 0. The van der Waals surface area contributed by atoms with Crippen LogP contribution in [0.3, 0.4) is 0 Å². The second kappa shape index (κ2) is 7.57. The van der Waals surface area contributed by atoms with Gasteiger partial charge in [-0.3, -0.25) is 0 Å². The third kappa shape index (κ3) is 4.31. The lowest BCUT2D eigenvalue weighted by atomic mass is 10.1. The third-order valence-corrected chi connectivity index (χ3v) is 4.92. The number of hydrogen-bond acceptors (Lipinski definition) is 3. The van der Waals surface area contributed by atoms with Gasteiger partial charge in [0.05, 0.1) is 10.9 Å². The maximum absolute atomic E-state index is 13.0. The van der Waals surface area contributed by atoms with E-state index in [1.54, 1.807) is 18.2 Å². The number of nitrogens with one attached hydrogen (secondary N) is 2. The number of benzene rings is 2. The fourth-order valence-corrected chi connectivity index (χ4v) is 3.44. The first kappa shape index (κ1) is 19.5. The number of H-pyrrole nitrogens is 1. The second-order valence-corrected chi connectivity index (χ2v) is 7.24. The van der Waals surface area contributed by atoms with E-state index in [0.717, 1.165) is 23.4 Å². The minimum absolute atomic E-state index is 0.281. The average molecular weight is 437 g/mol. The molecule has 0 bridgehead atoms. The van der Waals surface area contributed by atoms with Gasteiger partial charge in [-0.05, 0) is 42.0 Å². The Bertz CT molecular complexity index is 1190. The molecule has 4 aromatic rings. The normalized spacial score (nSPS) is 11.8. The van der Waals surface area contributed by atoms with Gasteiger partial charge in [0.1, 0.15) is 17.8 Å². The first-order valence-electron chi connectivity index (χ1n) is 8.50. The third-order valence-electron chi connectivity index (χ3n) is 4.33. The van der Waals surface area contributed by atoms with E-state index >= 15 is 0 Å². The molecule has 0 fully saturated rings. The largest absolute Gasteiger partial charge is 0.416 e. The van der Waals surface area contributed by atoms with Crippen LogP contribution in [0.25, 0.3) is 11.0 Å². The highest BCUT2D eigenvalue weighted by Crippen LogP contribution is 2.32. The Hall–Kier alpha value is -2.77. The zero-order valence-electron chi connectivity index (χ0n) is 14.7. The Labute approximate surface area is 173 Å². The van der Waals surface area contributed by atoms with Crippen molar-refractivity contribution in [3.63, 3.8) is 0 Å². The molecule has 0 aliphatic rings. The molecule has 9 heteroatoms. The molecule has 29 heavy (non-hydrogen) atoms. The number of alkyl halides is 3. The highest BCUT2D eigenvalue weighted by Gasteiger charge is 2.30. The van der Waals surface area contributed by atoms with E-state index in [4.69, 9.17) is 23.2 Å². The van der Waals surface area contributed by atoms with Crippen molar-refractivity contribution in [2.45, 2.75) is 12.6 Å². The molecule has 4 rings (SSSR count). The lowest BCUT2D eigenvalue weighted by molar-refractivity contribution is -0.137. The van der Waals surface area contributed by atoms with Gasteiger partial charge in [0.15, 0.2) is 0 Å². The van der Waals surface area contributed by atoms with Crippen LogP contribution in [0, 0.1) is 0 Å². The van der Waals surface area contributed by atoms with Crippen LogP contribution < -0.4 is 5.32 Å². The van der Waals surface area contributed by atoms with Gasteiger partial charge in [-0.25, -0.2) is 9.97 Å². The lowest BCUT2D eigenvalue weighted by Crippen LogP contribution is -2.05. The summed E-state index contributed by atoms with van der Waals surface area (Å²) in [6.07, 6.45) is -2.57. The molecule has 0 unspecified atom stereocenters. The zero-order valence-corrected chi connectivity index (χ0v) is 16.2. The first-order chi connectivity index (χ1) is 13.8. The summed E-state index contributed by atoms with van der Waals surface area (Å²) in [6, 6.07) is 12.0. The van der Waals surface area contributed by atoms with Gasteiger partial charge < -0.3 is 10.3 Å². The summed E-state index contributed by atoms with van der Waals surface area (Å²) in [6.45, 7) is 0. The Morgan fingerprint density at radius 1 is 1.00 bits per heavy atom. The number of nitrogens with zero attached hydrogens (tertiary/aromatic N) is 2. The van der Waals surface area contributed by atoms with Crippen LogP contribution in [0.15, 0.2) is 54.9 Å². The van der Waals surface area contributed by atoms with E-state index in [1.807, 2.05) is 12.1 Å². The molecule has 148 valence electrons. The Morgan fingerprint density at radius 2 is 1.83 bits per heavy atom. The molecule has 2 aromatic carbocycles. The van der Waals surface area contributed by atoms with Gasteiger partial charge in [-0.2, -0.15) is 13.2 Å². The number of hydrogen-bond donors (Lipinski definition) is 2. The standard InChI is InChI=1S/C20H13Cl2F3N4/c21-13-5-4-11(17(22)8-13)6-15-9-16-18(26-10-27-19(16)29-15)28-14-3-1-2-12(7-14)20(23,24)25/h1-5,7-10H,6H2,(H2,26,27,28,29). The fourth-order valence-electron chi connectivity index (χ4n) is 2.97. The van der Waals surface area contributed by atoms with Crippen molar-refractivity contribution >= 4 is 45.7 Å². The summed E-state index contributed by atoms with van der Waals surface area (Å²) >= 11 is 12.2. The predicted octanol–water partition coefficient (Wildman–Crippen LogP) is 6.62. The molecule has 0 amide bonds. The summed E-state index contributed by atoms with van der Waals surface area (Å²) in [5.74, 6) is 0.402. The summed E-state index contributed by atoms with van der Waals surface area (Å²) in [5.41, 5.74) is 1.82. The SMILES string of the molecule is FC(F)(F)c1cccc(Nc2ncnc3[nH]c(Cc4ccc(Cl)cc4Cl)cc23)c1. The van der Waals surface area contributed by atoms with Crippen molar-refractivity contribution in [2.75, 3.05) is 5.32 Å². The second-order valence-electron chi connectivity index (χ2n) is 6.40. The van der Waals surface area contributed by atoms with Gasteiger partial charge in [0, 0.05) is 27.8 Å². The molecule has 0 radical (unpaired) electrons. The average Bonchev–Trinajstić information content (AvgIpc) is 3.07. The van der Waals surface area contributed by atoms with Crippen molar-refractivity contribution in [1.29, 1.82) is 0 Å². The van der Waals surface area contributed by atoms with E-state index in [9.17, 15) is 13.2 Å². The van der Waals surface area contributed by atoms with E-state index in [2.05, 4.69) is 20.3 Å². The van der Waals surface area contributed by atoms with Crippen molar-refractivity contribution < 1.29 is 13.2 Å². The van der Waals surface area contributed by atoms with E-state index in [-0.39, 0.29) is 5.69 Å². The molecule has 2 aromatic heterocycles. The van der Waals surface area contributed by atoms with Crippen molar-refractivity contribution in [3.05, 3.63) is 81.7 Å². The maximum Gasteiger partial charge on any atom is 0.416 e. The molecule has 0 atom stereocenters. The maximum atomic E-state index is 13.0. The summed E-state index contributed by atoms with van der Waals surface area (Å²) in [4.78, 5) is 11.6. The fraction of sp³-hybridized carbons (Fsp3) is 0.100. The highest BCUT2D eigenvalue weighted by atomic mass is 35.5. The number of fused-ring (bicyclic) bond motifs is 1. The van der Waals surface area contributed by atoms with E-state index in [1.165, 1.54) is 12.4 Å². The van der Waals surface area contributed by atoms with E-state index < -0.39 is 11.7 Å². The van der Waals surface area contributed by atoms with Crippen molar-refractivity contribution in [2.24, 2.45) is 0 Å². The van der Waals surface area contributed by atoms with Crippen LogP contribution in [0.5, 0.6) is 0 Å². The van der Waals surface area contributed by atoms with Gasteiger partial charge in [0.25, 0.3) is 0 Å². The van der Waals surface area contributed by atoms with Crippen LogP contribution in [-0.2, 0) is 12.6 Å². The predicted molar refractivity (Wildman–Crippen MR) is 108 cm³/mol. The van der Waals surface area contributed by atoms with Crippen LogP contribution in [-0.4, -0.2) is 15.0 Å². The number of halogens is 5. The van der Waals surface area contributed by atoms with Gasteiger partial charge >= 0.3 is 6.18 Å². The molecule has 2 heterocycles. The minimum atomic E-state index is -4.42. The molecule has 0 aliphatic heterocycles. The first-order valence-corrected chi connectivity index (χ1v) is 9.26. The molecule has 2 N–H and O–H groups in total. The van der Waals surface area contributed by atoms with Crippen molar-refractivity contribution in [3.8, 4) is 0 Å². The minimum Gasteiger partial charge on any atom is -0.343 e. The van der Waals surface area contributed by atoms with Crippen LogP contribution >= 0.6 is 23.2 Å². The van der Waals surface area contributed by atoms with Gasteiger partial charge in [-0.15, -0.1) is 0 Å². The molecular formula is C20H13Cl2F3N4. The quantitative estimate of drug-likeness (QED) is 0.378. The van der Waals surface area contributed by atoms with Crippen LogP contribution in [0.4, 0.5) is 24.7 Å². The van der Waals surface area contributed by atoms with Crippen LogP contribution in [0.2, 0.25) is 10.0 Å². The number of aromatic amines is 1. The topological polar surface area (TPSA) is 53.6 Å². The zero-order chi connectivity index (χ0) is 20.6. The number of anilines is 2. The molecule has 0 aliphatic carbocycles. The Balaban J connectivity index is 1.65. The highest BCUT2D eigenvalue weighted by molar-refractivity contribution is 6.35. The lowest BCUT2D eigenvalue weighted by Gasteiger charge is -2.10. The van der Waals surface area contributed by atoms with Crippen LogP contribution in [0.1, 0.15) is 16.8 Å². The summed E-state index contributed by atoms with van der Waals surface area (Å²) < 4.78 is 38.9. The molecule has 0 spiro atoms. The van der Waals surface area contributed by atoms with Crippen molar-refractivity contribution in [1.82, 2.24) is 15.0 Å². The molecule has 0 saturated heterocycles. The van der Waals surface area contributed by atoms with Gasteiger partial charge in [0.2, 0.25) is 0 Å². The smallest absolute Gasteiger partial charge is 0.343 e. The molecule has 0 saturated carbocycles. The Kier molecular flexibility index (Phi) is 5.10.